The van der Waals surface area contributed by atoms with Crippen LogP contribution >= 0.6 is 0 Å². The molecule has 2 amide bonds. The molecule has 0 aromatic carbocycles. The van der Waals surface area contributed by atoms with Gasteiger partial charge in [-0.25, -0.2) is 4.79 Å². The van der Waals surface area contributed by atoms with Gasteiger partial charge in [-0.15, -0.1) is 0 Å². The van der Waals surface area contributed by atoms with E-state index in [0.717, 1.165) is 0 Å². The molecule has 1 fully saturated rings. The maximum Gasteiger partial charge on any atom is 0.330 e. The Kier molecular flexibility index (Phi) is 3.56. The third kappa shape index (κ3) is 3.51. The Labute approximate surface area is 86.6 Å². The average molecular weight is 212 g/mol. The lowest BCUT2D eigenvalue weighted by Gasteiger charge is -2.23. The second kappa shape index (κ2) is 4.70. The first-order chi connectivity index (χ1) is 6.99. The van der Waals surface area contributed by atoms with Crippen molar-refractivity contribution in [3.05, 3.63) is 11.6 Å². The Balaban J connectivity index is 2.52. The lowest BCUT2D eigenvalue weighted by atomic mass is 10.2. The Morgan fingerprint density at radius 1 is 1.47 bits per heavy atom. The van der Waals surface area contributed by atoms with Gasteiger partial charge in [0.15, 0.2) is 0 Å². The number of carboxylic acid groups (broad SMARTS) is 1. The monoisotopic (exact) mass is 212 g/mol. The summed E-state index contributed by atoms with van der Waals surface area (Å²) in [7, 11) is 0. The van der Waals surface area contributed by atoms with E-state index in [1.165, 1.54) is 13.0 Å². The summed E-state index contributed by atoms with van der Waals surface area (Å²) >= 11 is 0. The topological polar surface area (TPSA) is 86.7 Å². The number of carbonyl (C=O) groups excluding carboxylic acids is 2. The Morgan fingerprint density at radius 2 is 2.00 bits per heavy atom. The van der Waals surface area contributed by atoms with Crippen LogP contribution in [0.5, 0.6) is 0 Å². The lowest BCUT2D eigenvalue weighted by Crippen LogP contribution is -2.51. The number of piperazine rings is 1. The van der Waals surface area contributed by atoms with Gasteiger partial charge in [0.05, 0.1) is 13.1 Å². The minimum Gasteiger partial charge on any atom is -0.478 e. The zero-order valence-electron chi connectivity index (χ0n) is 8.32. The largest absolute Gasteiger partial charge is 0.478 e. The number of amides is 2. The molecule has 0 saturated carbocycles. The summed E-state index contributed by atoms with van der Waals surface area (Å²) in [5.74, 6) is -1.71. The lowest BCUT2D eigenvalue weighted by molar-refractivity contribution is -0.135. The normalized spacial score (nSPS) is 18.9. The van der Waals surface area contributed by atoms with Gasteiger partial charge in [-0.05, 0) is 6.92 Å². The molecule has 0 radical (unpaired) electrons. The molecule has 2 N–H and O–H groups in total. The summed E-state index contributed by atoms with van der Waals surface area (Å²) in [6.45, 7) is 2.00. The first-order valence-electron chi connectivity index (χ1n) is 4.44. The number of rotatable bonds is 3. The number of hydrogen-bond acceptors (Lipinski definition) is 4. The summed E-state index contributed by atoms with van der Waals surface area (Å²) in [6.07, 6.45) is 1.48. The fourth-order valence-corrected chi connectivity index (χ4v) is 1.18. The molecule has 6 heteroatoms. The van der Waals surface area contributed by atoms with Crippen LogP contribution in [0, 0.1) is 0 Å². The molecule has 0 aromatic heterocycles. The van der Waals surface area contributed by atoms with Crippen molar-refractivity contribution in [3.8, 4) is 0 Å². The van der Waals surface area contributed by atoms with E-state index in [9.17, 15) is 14.4 Å². The fraction of sp³-hybridized carbons (Fsp3) is 0.444. The van der Waals surface area contributed by atoms with Crippen LogP contribution in [0.1, 0.15) is 6.92 Å². The summed E-state index contributed by atoms with van der Waals surface area (Å²) in [5, 5.41) is 10.7. The molecule has 1 rings (SSSR count). The van der Waals surface area contributed by atoms with E-state index in [-0.39, 0.29) is 37.0 Å². The van der Waals surface area contributed by atoms with Crippen molar-refractivity contribution in [1.29, 1.82) is 0 Å². The molecule has 0 atom stereocenters. The highest BCUT2D eigenvalue weighted by molar-refractivity contribution is 5.99. The van der Waals surface area contributed by atoms with Crippen LogP contribution < -0.4 is 5.32 Å². The van der Waals surface area contributed by atoms with Crippen molar-refractivity contribution in [2.75, 3.05) is 19.6 Å². The van der Waals surface area contributed by atoms with Gasteiger partial charge in [0, 0.05) is 12.1 Å². The second-order valence-corrected chi connectivity index (χ2v) is 3.33. The highest BCUT2D eigenvalue weighted by Crippen LogP contribution is 1.98. The van der Waals surface area contributed by atoms with E-state index < -0.39 is 5.97 Å². The van der Waals surface area contributed by atoms with Gasteiger partial charge in [-0.3, -0.25) is 19.8 Å². The maximum atomic E-state index is 11.0. The predicted molar refractivity (Wildman–Crippen MR) is 51.0 cm³/mol. The second-order valence-electron chi connectivity index (χ2n) is 3.33. The summed E-state index contributed by atoms with van der Waals surface area (Å²) in [4.78, 5) is 33.9. The summed E-state index contributed by atoms with van der Waals surface area (Å²) < 4.78 is 0. The van der Waals surface area contributed by atoms with Crippen LogP contribution in [0.2, 0.25) is 0 Å². The third-order valence-corrected chi connectivity index (χ3v) is 2.01. The van der Waals surface area contributed by atoms with Gasteiger partial charge in [-0.2, -0.15) is 0 Å². The van der Waals surface area contributed by atoms with E-state index in [1.54, 1.807) is 4.90 Å². The fourth-order valence-electron chi connectivity index (χ4n) is 1.18. The van der Waals surface area contributed by atoms with E-state index in [2.05, 4.69) is 5.32 Å². The van der Waals surface area contributed by atoms with Crippen molar-refractivity contribution < 1.29 is 19.5 Å². The van der Waals surface area contributed by atoms with Crippen LogP contribution in [0.3, 0.4) is 0 Å². The van der Waals surface area contributed by atoms with Crippen LogP contribution in [0.4, 0.5) is 0 Å². The van der Waals surface area contributed by atoms with Crippen molar-refractivity contribution in [2.24, 2.45) is 0 Å². The first kappa shape index (κ1) is 11.4. The Morgan fingerprint density at radius 3 is 2.47 bits per heavy atom. The molecule has 0 aliphatic carbocycles. The predicted octanol–water partition coefficient (Wildman–Crippen LogP) is -1.02. The van der Waals surface area contributed by atoms with Crippen LogP contribution in [0.25, 0.3) is 0 Å². The molecular weight excluding hydrogens is 200 g/mol. The number of aliphatic carboxylic acids is 1. The summed E-state index contributed by atoms with van der Waals surface area (Å²) in [5.41, 5.74) is 0.202. The molecule has 6 nitrogen and oxygen atoms in total. The van der Waals surface area contributed by atoms with Gasteiger partial charge in [0.25, 0.3) is 0 Å². The van der Waals surface area contributed by atoms with Gasteiger partial charge >= 0.3 is 5.97 Å². The number of carbonyl (C=O) groups is 3. The van der Waals surface area contributed by atoms with Crippen molar-refractivity contribution in [3.63, 3.8) is 0 Å². The van der Waals surface area contributed by atoms with Crippen LogP contribution in [-0.4, -0.2) is 47.4 Å². The number of nitrogens with one attached hydrogen (secondary N) is 1. The van der Waals surface area contributed by atoms with Crippen LogP contribution in [-0.2, 0) is 14.4 Å². The number of carboxylic acids is 1. The molecule has 0 spiro atoms. The van der Waals surface area contributed by atoms with E-state index in [1.807, 2.05) is 0 Å². The zero-order valence-corrected chi connectivity index (χ0v) is 8.32. The molecular formula is C9H12N2O4. The molecule has 1 aliphatic rings. The molecule has 1 heterocycles. The molecule has 15 heavy (non-hydrogen) atoms. The van der Waals surface area contributed by atoms with E-state index in [0.29, 0.717) is 0 Å². The Hall–Kier alpha value is -1.69. The van der Waals surface area contributed by atoms with Crippen molar-refractivity contribution in [2.45, 2.75) is 6.92 Å². The molecule has 1 aliphatic heterocycles. The molecule has 0 aromatic rings. The number of nitrogens with zero attached hydrogens (tertiary/aromatic N) is 1. The van der Waals surface area contributed by atoms with Crippen molar-refractivity contribution in [1.82, 2.24) is 10.2 Å². The van der Waals surface area contributed by atoms with Gasteiger partial charge in [-0.1, -0.05) is 6.08 Å². The molecule has 0 unspecified atom stereocenters. The number of imide groups is 1. The van der Waals surface area contributed by atoms with Crippen molar-refractivity contribution >= 4 is 17.8 Å². The van der Waals surface area contributed by atoms with Gasteiger partial charge in [0.2, 0.25) is 11.8 Å². The first-order valence-corrected chi connectivity index (χ1v) is 4.44. The quantitative estimate of drug-likeness (QED) is 0.461. The standard InChI is InChI=1S/C9H12N2O4/c1-6(9(14)15)2-3-11-4-7(12)10-8(13)5-11/h2H,3-5H2,1H3,(H,14,15)(H,10,12,13). The number of hydrogen-bond donors (Lipinski definition) is 2. The molecule has 1 saturated heterocycles. The highest BCUT2D eigenvalue weighted by Gasteiger charge is 2.21. The van der Waals surface area contributed by atoms with E-state index >= 15 is 0 Å². The van der Waals surface area contributed by atoms with Gasteiger partial charge in [0.1, 0.15) is 0 Å². The molecule has 0 bridgehead atoms. The minimum absolute atomic E-state index is 0.120. The highest BCUT2D eigenvalue weighted by atomic mass is 16.4. The average Bonchev–Trinajstić information content (AvgIpc) is 2.12. The minimum atomic E-state index is -0.997. The smallest absolute Gasteiger partial charge is 0.330 e. The zero-order chi connectivity index (χ0) is 11.4. The Bertz CT molecular complexity index is 319. The van der Waals surface area contributed by atoms with E-state index in [4.69, 9.17) is 5.11 Å². The SMILES string of the molecule is CC(=CCN1CC(=O)NC(=O)C1)C(=O)O. The van der Waals surface area contributed by atoms with Crippen LogP contribution in [0.15, 0.2) is 11.6 Å². The van der Waals surface area contributed by atoms with Gasteiger partial charge < -0.3 is 5.11 Å². The molecule has 82 valence electrons. The summed E-state index contributed by atoms with van der Waals surface area (Å²) in [6, 6.07) is 0. The maximum absolute atomic E-state index is 11.0. The third-order valence-electron chi connectivity index (χ3n) is 2.01.